The summed E-state index contributed by atoms with van der Waals surface area (Å²) in [7, 11) is -3.20. The van der Waals surface area contributed by atoms with Crippen molar-refractivity contribution in [1.29, 1.82) is 0 Å². The average Bonchev–Trinajstić information content (AvgIpc) is 3.16. The Balaban J connectivity index is 0.00000210. The third-order valence-corrected chi connectivity index (χ3v) is 9.07. The van der Waals surface area contributed by atoms with E-state index in [1.54, 1.807) is 4.90 Å². The minimum Gasteiger partial charge on any atom is -0.340 e. The molecular formula is C19H26Cl2N2O3S. The first-order chi connectivity index (χ1) is 12.3. The Bertz CT molecular complexity index is 807. The molecule has 27 heavy (non-hydrogen) atoms. The first-order valence-electron chi connectivity index (χ1n) is 9.36. The number of halogens is 2. The molecule has 0 radical (unpaired) electrons. The number of carbonyl (C=O) groups excluding carboxylic acids is 1. The SMILES string of the molecule is Cl.N[C@@H]1CS(=O)(=O)[C@H]2CN(C(=O)C3(c4ccc(Cl)cc4)CCCCC3)C[C@@H]12. The van der Waals surface area contributed by atoms with Crippen LogP contribution in [0.4, 0.5) is 0 Å². The largest absolute Gasteiger partial charge is 0.340 e. The van der Waals surface area contributed by atoms with Crippen LogP contribution in [0.5, 0.6) is 0 Å². The summed E-state index contributed by atoms with van der Waals surface area (Å²) in [5.74, 6) is -0.0155. The molecule has 2 saturated heterocycles. The predicted octanol–water partition coefficient (Wildman–Crippen LogP) is 2.55. The number of carbonyl (C=O) groups is 1. The molecule has 1 saturated carbocycles. The Morgan fingerprint density at radius 3 is 2.33 bits per heavy atom. The molecule has 1 amide bonds. The molecule has 0 unspecified atom stereocenters. The minimum atomic E-state index is -3.20. The smallest absolute Gasteiger partial charge is 0.233 e. The van der Waals surface area contributed by atoms with Gasteiger partial charge in [-0.3, -0.25) is 4.79 Å². The molecule has 5 nitrogen and oxygen atoms in total. The van der Waals surface area contributed by atoms with E-state index in [4.69, 9.17) is 17.3 Å². The van der Waals surface area contributed by atoms with Gasteiger partial charge in [-0.25, -0.2) is 8.42 Å². The number of sulfone groups is 1. The zero-order chi connectivity index (χ0) is 18.5. The van der Waals surface area contributed by atoms with Gasteiger partial charge in [0.05, 0.1) is 16.4 Å². The number of nitrogens with zero attached hydrogens (tertiary/aromatic N) is 1. The fraction of sp³-hybridized carbons (Fsp3) is 0.632. The third-order valence-electron chi connectivity index (χ3n) is 6.55. The maximum Gasteiger partial charge on any atom is 0.233 e. The lowest BCUT2D eigenvalue weighted by Gasteiger charge is -2.39. The van der Waals surface area contributed by atoms with Gasteiger partial charge >= 0.3 is 0 Å². The number of benzene rings is 1. The fourth-order valence-corrected chi connectivity index (χ4v) is 7.51. The Kier molecular flexibility index (Phi) is 5.84. The molecule has 2 aliphatic heterocycles. The van der Waals surface area contributed by atoms with Crippen molar-refractivity contribution in [2.75, 3.05) is 18.8 Å². The van der Waals surface area contributed by atoms with Gasteiger partial charge in [-0.1, -0.05) is 43.0 Å². The van der Waals surface area contributed by atoms with Crippen LogP contribution in [0.1, 0.15) is 37.7 Å². The zero-order valence-corrected chi connectivity index (χ0v) is 17.5. The molecule has 1 aromatic carbocycles. The number of hydrogen-bond donors (Lipinski definition) is 1. The van der Waals surface area contributed by atoms with Crippen LogP contribution < -0.4 is 5.73 Å². The number of nitrogens with two attached hydrogens (primary N) is 1. The van der Waals surface area contributed by atoms with E-state index >= 15 is 0 Å². The van der Waals surface area contributed by atoms with Crippen molar-refractivity contribution in [3.8, 4) is 0 Å². The average molecular weight is 433 g/mol. The molecule has 2 heterocycles. The second kappa shape index (κ2) is 7.54. The number of likely N-dealkylation sites (tertiary alicyclic amines) is 1. The quantitative estimate of drug-likeness (QED) is 0.778. The summed E-state index contributed by atoms with van der Waals surface area (Å²) in [6, 6.07) is 7.20. The molecule has 150 valence electrons. The minimum absolute atomic E-state index is 0. The maximum atomic E-state index is 13.6. The second-order valence-electron chi connectivity index (χ2n) is 8.06. The van der Waals surface area contributed by atoms with Crippen molar-refractivity contribution in [2.24, 2.45) is 11.7 Å². The standard InChI is InChI=1S/C19H25ClN2O3S.ClH/c20-14-6-4-13(5-7-14)19(8-2-1-3-9-19)18(23)22-10-15-16(21)12-26(24,25)17(15)11-22;/h4-7,15-17H,1-3,8-12,21H2;1H/t15-,16+,17-;/m0./s1. The van der Waals surface area contributed by atoms with Crippen LogP contribution in [0.15, 0.2) is 24.3 Å². The summed E-state index contributed by atoms with van der Waals surface area (Å²) in [6.45, 7) is 0.744. The molecular weight excluding hydrogens is 407 g/mol. The van der Waals surface area contributed by atoms with Gasteiger partial charge in [-0.15, -0.1) is 12.4 Å². The van der Waals surface area contributed by atoms with E-state index in [-0.39, 0.29) is 42.6 Å². The first-order valence-corrected chi connectivity index (χ1v) is 11.5. The van der Waals surface area contributed by atoms with Crippen molar-refractivity contribution >= 4 is 39.8 Å². The lowest BCUT2D eigenvalue weighted by Crippen LogP contribution is -2.48. The normalized spacial score (nSPS) is 31.2. The summed E-state index contributed by atoms with van der Waals surface area (Å²) >= 11 is 6.04. The van der Waals surface area contributed by atoms with Crippen molar-refractivity contribution in [1.82, 2.24) is 4.90 Å². The van der Waals surface area contributed by atoms with Crippen LogP contribution in [-0.4, -0.2) is 49.4 Å². The molecule has 3 atom stereocenters. The van der Waals surface area contributed by atoms with Crippen LogP contribution in [0.3, 0.4) is 0 Å². The van der Waals surface area contributed by atoms with Gasteiger partial charge in [0.25, 0.3) is 0 Å². The zero-order valence-electron chi connectivity index (χ0n) is 15.1. The van der Waals surface area contributed by atoms with Gasteiger partial charge in [0.2, 0.25) is 5.91 Å². The summed E-state index contributed by atoms with van der Waals surface area (Å²) in [6.07, 6.45) is 4.75. The molecule has 1 aromatic rings. The lowest BCUT2D eigenvalue weighted by atomic mass is 9.68. The van der Waals surface area contributed by atoms with Crippen LogP contribution in [0.2, 0.25) is 5.02 Å². The molecule has 0 bridgehead atoms. The topological polar surface area (TPSA) is 80.5 Å². The summed E-state index contributed by atoms with van der Waals surface area (Å²) in [5.41, 5.74) is 6.50. The van der Waals surface area contributed by atoms with Crippen LogP contribution in [-0.2, 0) is 20.0 Å². The second-order valence-corrected chi connectivity index (χ2v) is 10.8. The van der Waals surface area contributed by atoms with Gasteiger partial charge in [-0.05, 0) is 30.5 Å². The molecule has 4 rings (SSSR count). The Hall–Kier alpha value is -0.820. The van der Waals surface area contributed by atoms with E-state index in [1.807, 2.05) is 24.3 Å². The Labute approximate surface area is 172 Å². The number of hydrogen-bond acceptors (Lipinski definition) is 4. The summed E-state index contributed by atoms with van der Waals surface area (Å²) < 4.78 is 24.7. The summed E-state index contributed by atoms with van der Waals surface area (Å²) in [4.78, 5) is 15.4. The first kappa shape index (κ1) is 20.9. The lowest BCUT2D eigenvalue weighted by molar-refractivity contribution is -0.138. The van der Waals surface area contributed by atoms with Gasteiger partial charge in [0.15, 0.2) is 9.84 Å². The monoisotopic (exact) mass is 432 g/mol. The molecule has 0 spiro atoms. The Morgan fingerprint density at radius 2 is 1.74 bits per heavy atom. The van der Waals surface area contributed by atoms with Gasteiger partial charge in [0.1, 0.15) is 0 Å². The van der Waals surface area contributed by atoms with Crippen LogP contribution in [0.25, 0.3) is 0 Å². The maximum absolute atomic E-state index is 13.6. The van der Waals surface area contributed by atoms with E-state index < -0.39 is 20.5 Å². The molecule has 0 aromatic heterocycles. The van der Waals surface area contributed by atoms with E-state index in [9.17, 15) is 13.2 Å². The van der Waals surface area contributed by atoms with Crippen molar-refractivity contribution < 1.29 is 13.2 Å². The Morgan fingerprint density at radius 1 is 1.11 bits per heavy atom. The van der Waals surface area contributed by atoms with E-state index in [1.165, 1.54) is 0 Å². The highest BCUT2D eigenvalue weighted by molar-refractivity contribution is 7.92. The van der Waals surface area contributed by atoms with Crippen molar-refractivity contribution in [3.05, 3.63) is 34.9 Å². The van der Waals surface area contributed by atoms with Gasteiger partial charge in [-0.2, -0.15) is 0 Å². The molecule has 3 aliphatic rings. The third kappa shape index (κ3) is 3.50. The molecule has 2 N–H and O–H groups in total. The number of fused-ring (bicyclic) bond motifs is 1. The van der Waals surface area contributed by atoms with Gasteiger partial charge < -0.3 is 10.6 Å². The van der Waals surface area contributed by atoms with Crippen molar-refractivity contribution in [2.45, 2.75) is 48.8 Å². The van der Waals surface area contributed by atoms with Crippen LogP contribution >= 0.6 is 24.0 Å². The highest BCUT2D eigenvalue weighted by Gasteiger charge is 2.54. The van der Waals surface area contributed by atoms with Crippen molar-refractivity contribution in [3.63, 3.8) is 0 Å². The highest BCUT2D eigenvalue weighted by Crippen LogP contribution is 2.43. The van der Waals surface area contributed by atoms with E-state index in [0.29, 0.717) is 11.6 Å². The number of amides is 1. The summed E-state index contributed by atoms with van der Waals surface area (Å²) in [5, 5.41) is 0.159. The van der Waals surface area contributed by atoms with E-state index in [0.717, 1.165) is 37.7 Å². The number of rotatable bonds is 2. The van der Waals surface area contributed by atoms with Gasteiger partial charge in [0, 0.05) is 30.1 Å². The molecule has 3 fully saturated rings. The molecule has 8 heteroatoms. The van der Waals surface area contributed by atoms with Crippen LogP contribution in [0, 0.1) is 5.92 Å². The van der Waals surface area contributed by atoms with E-state index in [2.05, 4.69) is 0 Å². The molecule has 1 aliphatic carbocycles. The highest BCUT2D eigenvalue weighted by atomic mass is 35.5. The predicted molar refractivity (Wildman–Crippen MR) is 109 cm³/mol. The fourth-order valence-electron chi connectivity index (χ4n) is 5.12.